The van der Waals surface area contributed by atoms with Crippen LogP contribution in [0.2, 0.25) is 0 Å². The minimum absolute atomic E-state index is 0.368. The van der Waals surface area contributed by atoms with Crippen molar-refractivity contribution in [1.82, 2.24) is 4.98 Å². The van der Waals surface area contributed by atoms with Gasteiger partial charge in [-0.25, -0.2) is 9.18 Å². The highest BCUT2D eigenvalue weighted by molar-refractivity contribution is 5.75. The topological polar surface area (TPSA) is 50.2 Å². The zero-order valence-electron chi connectivity index (χ0n) is 6.88. The van der Waals surface area contributed by atoms with E-state index in [0.29, 0.717) is 0 Å². The van der Waals surface area contributed by atoms with Gasteiger partial charge >= 0.3 is 11.9 Å². The normalized spacial score (nSPS) is 11.4. The van der Waals surface area contributed by atoms with Gasteiger partial charge in [0, 0.05) is 6.20 Å². The predicted octanol–water partition coefficient (Wildman–Crippen LogP) is 1.48. The van der Waals surface area contributed by atoms with E-state index < -0.39 is 24.1 Å². The van der Waals surface area contributed by atoms with Crippen LogP contribution in [0.15, 0.2) is 18.5 Å². The molecule has 0 aliphatic carbocycles. The summed E-state index contributed by atoms with van der Waals surface area (Å²) >= 11 is 0. The number of carboxylic acids is 1. The second-order valence-electron chi connectivity index (χ2n) is 2.65. The van der Waals surface area contributed by atoms with E-state index in [1.54, 1.807) is 0 Å². The Morgan fingerprint density at radius 3 is 2.71 bits per heavy atom. The molecule has 6 heteroatoms. The first-order valence-corrected chi connectivity index (χ1v) is 3.63. The first-order chi connectivity index (χ1) is 6.43. The minimum atomic E-state index is -3.96. The van der Waals surface area contributed by atoms with Crippen molar-refractivity contribution in [3.63, 3.8) is 0 Å². The summed E-state index contributed by atoms with van der Waals surface area (Å²) in [6.07, 6.45) is 0.709. The summed E-state index contributed by atoms with van der Waals surface area (Å²) in [7, 11) is 0. The maximum absolute atomic E-state index is 12.8. The van der Waals surface area contributed by atoms with Crippen molar-refractivity contribution >= 4 is 5.97 Å². The Morgan fingerprint density at radius 2 is 2.21 bits per heavy atom. The van der Waals surface area contributed by atoms with Crippen molar-refractivity contribution in [1.29, 1.82) is 0 Å². The molecule has 0 saturated carbocycles. The van der Waals surface area contributed by atoms with Crippen LogP contribution in [0.1, 0.15) is 5.56 Å². The molecular formula is C8H6F3NO2. The molecule has 1 rings (SSSR count). The number of hydrogen-bond donors (Lipinski definition) is 1. The van der Waals surface area contributed by atoms with Gasteiger partial charge in [-0.2, -0.15) is 8.78 Å². The molecule has 0 saturated heterocycles. The number of aliphatic carboxylic acids is 1. The van der Waals surface area contributed by atoms with Crippen LogP contribution >= 0.6 is 0 Å². The van der Waals surface area contributed by atoms with Crippen LogP contribution in [0.5, 0.6) is 0 Å². The lowest BCUT2D eigenvalue weighted by Gasteiger charge is -2.10. The monoisotopic (exact) mass is 205 g/mol. The molecule has 1 aromatic rings. The fraction of sp³-hybridized carbons (Fsp3) is 0.250. The van der Waals surface area contributed by atoms with Gasteiger partial charge in [0.25, 0.3) is 0 Å². The van der Waals surface area contributed by atoms with Crippen LogP contribution in [0.4, 0.5) is 13.2 Å². The Bertz CT molecular complexity index is 354. The van der Waals surface area contributed by atoms with Crippen LogP contribution in [0.3, 0.4) is 0 Å². The Balaban J connectivity index is 2.89. The highest BCUT2D eigenvalue weighted by Gasteiger charge is 2.39. The molecule has 0 radical (unpaired) electrons. The minimum Gasteiger partial charge on any atom is -0.477 e. The number of hydrogen-bond acceptors (Lipinski definition) is 2. The number of rotatable bonds is 3. The zero-order chi connectivity index (χ0) is 10.8. The van der Waals surface area contributed by atoms with Gasteiger partial charge in [0.15, 0.2) is 0 Å². The summed E-state index contributed by atoms with van der Waals surface area (Å²) in [5.41, 5.74) is -0.368. The third kappa shape index (κ3) is 2.21. The lowest BCUT2D eigenvalue weighted by Crippen LogP contribution is -2.31. The Morgan fingerprint density at radius 1 is 1.57 bits per heavy atom. The van der Waals surface area contributed by atoms with Gasteiger partial charge in [-0.05, 0) is 11.6 Å². The SMILES string of the molecule is O=C(O)C(F)(F)Cc1ccncc1F. The first-order valence-electron chi connectivity index (χ1n) is 3.63. The van der Waals surface area contributed by atoms with Crippen molar-refractivity contribution < 1.29 is 23.1 Å². The summed E-state index contributed by atoms with van der Waals surface area (Å²) in [4.78, 5) is 13.4. The molecule has 0 amide bonds. The number of halogens is 3. The van der Waals surface area contributed by atoms with Gasteiger partial charge in [0.1, 0.15) is 5.82 Å². The van der Waals surface area contributed by atoms with E-state index in [9.17, 15) is 18.0 Å². The molecule has 14 heavy (non-hydrogen) atoms. The largest absolute Gasteiger partial charge is 0.477 e. The van der Waals surface area contributed by atoms with E-state index in [1.807, 2.05) is 0 Å². The maximum atomic E-state index is 12.8. The molecule has 1 N–H and O–H groups in total. The fourth-order valence-electron chi connectivity index (χ4n) is 0.862. The molecule has 0 spiro atoms. The fourth-order valence-corrected chi connectivity index (χ4v) is 0.862. The lowest BCUT2D eigenvalue weighted by atomic mass is 10.1. The summed E-state index contributed by atoms with van der Waals surface area (Å²) in [6, 6.07) is 1.02. The van der Waals surface area contributed by atoms with Crippen LogP contribution in [0.25, 0.3) is 0 Å². The summed E-state index contributed by atoms with van der Waals surface area (Å²) in [6.45, 7) is 0. The third-order valence-electron chi connectivity index (χ3n) is 1.58. The van der Waals surface area contributed by atoms with Crippen LogP contribution < -0.4 is 0 Å². The van der Waals surface area contributed by atoms with E-state index in [-0.39, 0.29) is 5.56 Å². The van der Waals surface area contributed by atoms with Crippen molar-refractivity contribution in [3.05, 3.63) is 29.8 Å². The molecule has 0 atom stereocenters. The zero-order valence-corrected chi connectivity index (χ0v) is 6.88. The number of alkyl halides is 2. The molecule has 76 valence electrons. The van der Waals surface area contributed by atoms with Crippen LogP contribution in [-0.4, -0.2) is 22.0 Å². The molecule has 0 bridgehead atoms. The Hall–Kier alpha value is -1.59. The van der Waals surface area contributed by atoms with Gasteiger partial charge in [-0.3, -0.25) is 4.98 Å². The van der Waals surface area contributed by atoms with Gasteiger partial charge in [-0.1, -0.05) is 0 Å². The molecule has 0 unspecified atom stereocenters. The predicted molar refractivity (Wildman–Crippen MR) is 40.5 cm³/mol. The molecular weight excluding hydrogens is 199 g/mol. The molecule has 1 heterocycles. The van der Waals surface area contributed by atoms with Crippen molar-refractivity contribution in [3.8, 4) is 0 Å². The Kier molecular flexibility index (Phi) is 2.73. The lowest BCUT2D eigenvalue weighted by molar-refractivity contribution is -0.164. The molecule has 0 aliphatic heterocycles. The number of carboxylic acid groups (broad SMARTS) is 1. The second kappa shape index (κ2) is 3.65. The average Bonchev–Trinajstić information content (AvgIpc) is 2.08. The highest BCUT2D eigenvalue weighted by atomic mass is 19.3. The molecule has 0 aliphatic rings. The number of carbonyl (C=O) groups is 1. The highest BCUT2D eigenvalue weighted by Crippen LogP contribution is 2.21. The van der Waals surface area contributed by atoms with Gasteiger partial charge < -0.3 is 5.11 Å². The van der Waals surface area contributed by atoms with E-state index in [2.05, 4.69) is 4.98 Å². The van der Waals surface area contributed by atoms with E-state index in [4.69, 9.17) is 5.11 Å². The molecule has 0 fully saturated rings. The number of pyridine rings is 1. The van der Waals surface area contributed by atoms with Gasteiger partial charge in [-0.15, -0.1) is 0 Å². The summed E-state index contributed by atoms with van der Waals surface area (Å²) in [5.74, 6) is -7.16. The third-order valence-corrected chi connectivity index (χ3v) is 1.58. The van der Waals surface area contributed by atoms with Crippen molar-refractivity contribution in [2.75, 3.05) is 0 Å². The number of aromatic nitrogens is 1. The second-order valence-corrected chi connectivity index (χ2v) is 2.65. The summed E-state index contributed by atoms with van der Waals surface area (Å²) < 4.78 is 38.0. The van der Waals surface area contributed by atoms with Crippen LogP contribution in [-0.2, 0) is 11.2 Å². The van der Waals surface area contributed by atoms with Gasteiger partial charge in [0.2, 0.25) is 0 Å². The average molecular weight is 205 g/mol. The molecule has 1 aromatic heterocycles. The standard InChI is InChI=1S/C8H6F3NO2/c9-6-4-12-2-1-5(6)3-8(10,11)7(13)14/h1-2,4H,3H2,(H,13,14). The maximum Gasteiger partial charge on any atom is 0.374 e. The smallest absolute Gasteiger partial charge is 0.374 e. The molecule has 3 nitrogen and oxygen atoms in total. The van der Waals surface area contributed by atoms with Crippen LogP contribution in [0, 0.1) is 5.82 Å². The summed E-state index contributed by atoms with van der Waals surface area (Å²) in [5, 5.41) is 8.11. The van der Waals surface area contributed by atoms with E-state index >= 15 is 0 Å². The Labute approximate surface area is 77.2 Å². The van der Waals surface area contributed by atoms with Gasteiger partial charge in [0.05, 0.1) is 12.6 Å². The van der Waals surface area contributed by atoms with Crippen molar-refractivity contribution in [2.45, 2.75) is 12.3 Å². The first kappa shape index (κ1) is 10.5. The van der Waals surface area contributed by atoms with E-state index in [0.717, 1.165) is 18.5 Å². The quantitative estimate of drug-likeness (QED) is 0.813. The number of nitrogens with zero attached hydrogens (tertiary/aromatic N) is 1. The van der Waals surface area contributed by atoms with Crippen molar-refractivity contribution in [2.24, 2.45) is 0 Å². The van der Waals surface area contributed by atoms with E-state index in [1.165, 1.54) is 0 Å². The molecule has 0 aromatic carbocycles.